The van der Waals surface area contributed by atoms with Crippen LogP contribution in [0.3, 0.4) is 0 Å². The molecule has 0 atom stereocenters. The highest BCUT2D eigenvalue weighted by Crippen LogP contribution is 2.29. The van der Waals surface area contributed by atoms with Crippen LogP contribution in [0.5, 0.6) is 0 Å². The number of carbonyl (C=O) groups excluding carboxylic acids is 1. The Morgan fingerprint density at radius 2 is 1.88 bits per heavy atom. The number of nitrogens with zero attached hydrogens (tertiary/aromatic N) is 1. The van der Waals surface area contributed by atoms with Crippen LogP contribution in [-0.4, -0.2) is 19.0 Å². The van der Waals surface area contributed by atoms with Crippen LogP contribution in [0.15, 0.2) is 34.8 Å². The fraction of sp³-hybridized carbons (Fsp3) is 0.235. The number of anilines is 3. The summed E-state index contributed by atoms with van der Waals surface area (Å²) in [5, 5.41) is 2.48. The van der Waals surface area contributed by atoms with Crippen molar-refractivity contribution in [2.45, 2.75) is 13.8 Å². The fourth-order valence-electron chi connectivity index (χ4n) is 2.42. The Morgan fingerprint density at radius 3 is 2.46 bits per heavy atom. The number of hydrogen-bond donors (Lipinski definition) is 2. The zero-order valence-corrected chi connectivity index (χ0v) is 15.0. The normalized spacial score (nSPS) is 10.5. The molecule has 0 saturated heterocycles. The lowest BCUT2D eigenvalue weighted by atomic mass is 10.1. The summed E-state index contributed by atoms with van der Waals surface area (Å²) in [7, 11) is 0. The van der Waals surface area contributed by atoms with Crippen LogP contribution in [0.2, 0.25) is 0 Å². The van der Waals surface area contributed by atoms with Gasteiger partial charge in [0.25, 0.3) is 5.91 Å². The Hall–Kier alpha value is -2.15. The molecule has 2 aromatic carbocycles. The molecule has 0 spiro atoms. The number of nitrogen functional groups attached to an aromatic ring is 1. The first-order chi connectivity index (χ1) is 11.4. The third-order valence-corrected chi connectivity index (χ3v) is 4.24. The van der Waals surface area contributed by atoms with Crippen molar-refractivity contribution < 1.29 is 13.6 Å². The van der Waals surface area contributed by atoms with Gasteiger partial charge >= 0.3 is 0 Å². The van der Waals surface area contributed by atoms with E-state index in [2.05, 4.69) is 21.2 Å². The van der Waals surface area contributed by atoms with E-state index in [9.17, 15) is 13.6 Å². The average Bonchev–Trinajstić information content (AvgIpc) is 2.53. The van der Waals surface area contributed by atoms with E-state index < -0.39 is 17.5 Å². The highest BCUT2D eigenvalue weighted by Gasteiger charge is 2.19. The Morgan fingerprint density at radius 1 is 1.21 bits per heavy atom. The lowest BCUT2D eigenvalue weighted by Gasteiger charge is -2.24. The zero-order chi connectivity index (χ0) is 17.9. The number of amides is 1. The third-order valence-electron chi connectivity index (χ3n) is 3.61. The second-order valence-electron chi connectivity index (χ2n) is 5.15. The maximum Gasteiger partial charge on any atom is 0.257 e. The summed E-state index contributed by atoms with van der Waals surface area (Å²) in [6, 6.07) is 6.80. The monoisotopic (exact) mass is 397 g/mol. The molecule has 0 heterocycles. The second-order valence-corrected chi connectivity index (χ2v) is 6.00. The minimum Gasteiger partial charge on any atom is -0.399 e. The van der Waals surface area contributed by atoms with Crippen molar-refractivity contribution >= 4 is 38.9 Å². The molecular formula is C17H18BrF2N3O. The number of nitrogens with two attached hydrogens (primary N) is 1. The van der Waals surface area contributed by atoms with Crippen molar-refractivity contribution in [3.8, 4) is 0 Å². The van der Waals surface area contributed by atoms with Gasteiger partial charge in [0, 0.05) is 35.0 Å². The van der Waals surface area contributed by atoms with E-state index in [1.165, 1.54) is 6.07 Å². The van der Waals surface area contributed by atoms with Gasteiger partial charge in [0.05, 0.1) is 11.3 Å². The number of rotatable bonds is 5. The summed E-state index contributed by atoms with van der Waals surface area (Å²) in [5.74, 6) is -2.11. The molecule has 7 heteroatoms. The van der Waals surface area contributed by atoms with Crippen molar-refractivity contribution in [2.24, 2.45) is 0 Å². The molecule has 0 aromatic heterocycles. The summed E-state index contributed by atoms with van der Waals surface area (Å²) in [5.41, 5.74) is 7.13. The molecule has 0 aliphatic rings. The molecule has 4 nitrogen and oxygen atoms in total. The van der Waals surface area contributed by atoms with Gasteiger partial charge in [0.2, 0.25) is 0 Å². The second kappa shape index (κ2) is 7.61. The highest BCUT2D eigenvalue weighted by atomic mass is 79.9. The van der Waals surface area contributed by atoms with Gasteiger partial charge in [-0.1, -0.05) is 0 Å². The number of halogens is 3. The largest absolute Gasteiger partial charge is 0.399 e. The van der Waals surface area contributed by atoms with Gasteiger partial charge in [-0.15, -0.1) is 0 Å². The van der Waals surface area contributed by atoms with E-state index >= 15 is 0 Å². The molecule has 0 saturated carbocycles. The molecule has 0 aliphatic heterocycles. The third kappa shape index (κ3) is 3.84. The maximum absolute atomic E-state index is 13.9. The fourth-order valence-corrected chi connectivity index (χ4v) is 2.93. The Bertz CT molecular complexity index is 740. The summed E-state index contributed by atoms with van der Waals surface area (Å²) in [6.07, 6.45) is 0. The van der Waals surface area contributed by atoms with Crippen LogP contribution in [0.4, 0.5) is 25.8 Å². The molecule has 128 valence electrons. The summed E-state index contributed by atoms with van der Waals surface area (Å²) in [6.45, 7) is 5.35. The molecule has 3 N–H and O–H groups in total. The van der Waals surface area contributed by atoms with Crippen LogP contribution in [-0.2, 0) is 0 Å². The van der Waals surface area contributed by atoms with E-state index in [1.807, 2.05) is 18.7 Å². The zero-order valence-electron chi connectivity index (χ0n) is 13.4. The molecule has 24 heavy (non-hydrogen) atoms. The van der Waals surface area contributed by atoms with Crippen LogP contribution in [0, 0.1) is 11.6 Å². The number of carbonyl (C=O) groups is 1. The smallest absolute Gasteiger partial charge is 0.257 e. The first kappa shape index (κ1) is 18.2. The Kier molecular flexibility index (Phi) is 5.77. The van der Waals surface area contributed by atoms with Gasteiger partial charge < -0.3 is 16.0 Å². The van der Waals surface area contributed by atoms with E-state index in [0.717, 1.165) is 6.07 Å². The lowest BCUT2D eigenvalue weighted by Crippen LogP contribution is -2.26. The SMILES string of the molecule is CCN(CC)c1ccc(N)cc1C(=O)Nc1c(F)cc(F)cc1Br. The summed E-state index contributed by atoms with van der Waals surface area (Å²) in [4.78, 5) is 14.6. The predicted octanol–water partition coefficient (Wildman–Crippen LogP) is 4.41. The number of benzene rings is 2. The molecule has 2 rings (SSSR count). The lowest BCUT2D eigenvalue weighted by molar-refractivity contribution is 0.102. The Balaban J connectivity index is 2.42. The van der Waals surface area contributed by atoms with Gasteiger partial charge in [-0.25, -0.2) is 8.78 Å². The average molecular weight is 398 g/mol. The van der Waals surface area contributed by atoms with Gasteiger partial charge in [0.1, 0.15) is 5.82 Å². The molecule has 0 aliphatic carbocycles. The van der Waals surface area contributed by atoms with E-state index in [4.69, 9.17) is 5.73 Å². The van der Waals surface area contributed by atoms with Crippen molar-refractivity contribution in [1.82, 2.24) is 0 Å². The molecular weight excluding hydrogens is 380 g/mol. The minimum atomic E-state index is -0.858. The number of hydrogen-bond acceptors (Lipinski definition) is 3. The topological polar surface area (TPSA) is 58.4 Å². The Labute approximate surface area is 147 Å². The summed E-state index contributed by atoms with van der Waals surface area (Å²) < 4.78 is 27.2. The van der Waals surface area contributed by atoms with Gasteiger partial charge in [0.15, 0.2) is 5.82 Å². The van der Waals surface area contributed by atoms with Crippen LogP contribution in [0.1, 0.15) is 24.2 Å². The van der Waals surface area contributed by atoms with Crippen molar-refractivity contribution in [1.29, 1.82) is 0 Å². The molecule has 0 bridgehead atoms. The van der Waals surface area contributed by atoms with E-state index in [0.29, 0.717) is 36.1 Å². The first-order valence-electron chi connectivity index (χ1n) is 7.47. The molecule has 2 aromatic rings. The van der Waals surface area contributed by atoms with Crippen LogP contribution in [0.25, 0.3) is 0 Å². The van der Waals surface area contributed by atoms with Gasteiger partial charge in [-0.2, -0.15) is 0 Å². The maximum atomic E-state index is 13.9. The van der Waals surface area contributed by atoms with Crippen molar-refractivity contribution in [3.63, 3.8) is 0 Å². The van der Waals surface area contributed by atoms with E-state index in [-0.39, 0.29) is 10.2 Å². The molecule has 0 unspecified atom stereocenters. The minimum absolute atomic E-state index is 0.116. The van der Waals surface area contributed by atoms with Crippen LogP contribution < -0.4 is 16.0 Å². The first-order valence-corrected chi connectivity index (χ1v) is 8.27. The number of nitrogens with one attached hydrogen (secondary N) is 1. The standard InChI is InChI=1S/C17H18BrF2N3O/c1-3-23(4-2)15-6-5-11(21)9-12(15)17(24)22-16-13(18)7-10(19)8-14(16)20/h5-9H,3-4,21H2,1-2H3,(H,22,24). The van der Waals surface area contributed by atoms with Gasteiger partial charge in [-0.05, 0) is 54.0 Å². The quantitative estimate of drug-likeness (QED) is 0.734. The molecule has 0 radical (unpaired) electrons. The molecule has 0 fully saturated rings. The van der Waals surface area contributed by atoms with Gasteiger partial charge in [-0.3, -0.25) is 4.79 Å². The van der Waals surface area contributed by atoms with Crippen LogP contribution >= 0.6 is 15.9 Å². The predicted molar refractivity (Wildman–Crippen MR) is 96.4 cm³/mol. The highest BCUT2D eigenvalue weighted by molar-refractivity contribution is 9.10. The summed E-state index contributed by atoms with van der Waals surface area (Å²) >= 11 is 3.06. The van der Waals surface area contributed by atoms with E-state index in [1.54, 1.807) is 12.1 Å². The van der Waals surface area contributed by atoms with Crippen molar-refractivity contribution in [2.75, 3.05) is 29.0 Å². The molecule has 1 amide bonds. The van der Waals surface area contributed by atoms with Crippen molar-refractivity contribution in [3.05, 3.63) is 52.0 Å².